The van der Waals surface area contributed by atoms with E-state index in [2.05, 4.69) is 11.6 Å². The Hall–Kier alpha value is -1.14. The third-order valence-corrected chi connectivity index (χ3v) is 6.00. The average molecular weight is 300 g/mol. The summed E-state index contributed by atoms with van der Waals surface area (Å²) >= 11 is 0. The van der Waals surface area contributed by atoms with Crippen LogP contribution in [0.15, 0.2) is 17.0 Å². The maximum atomic E-state index is 13.7. The second kappa shape index (κ2) is 5.33. The van der Waals surface area contributed by atoms with Crippen LogP contribution in [0, 0.1) is 24.6 Å². The molecular weight excluding hydrogens is 279 g/mol. The van der Waals surface area contributed by atoms with Gasteiger partial charge in [-0.25, -0.2) is 17.5 Å². The van der Waals surface area contributed by atoms with Crippen molar-refractivity contribution >= 4 is 15.7 Å². The van der Waals surface area contributed by atoms with Gasteiger partial charge in [-0.05, 0) is 43.7 Å². The highest BCUT2D eigenvalue weighted by molar-refractivity contribution is 7.89. The van der Waals surface area contributed by atoms with E-state index >= 15 is 0 Å². The molecule has 0 bridgehead atoms. The summed E-state index contributed by atoms with van der Waals surface area (Å²) < 4.78 is 41.2. The van der Waals surface area contributed by atoms with Gasteiger partial charge in [0.05, 0.1) is 4.90 Å². The van der Waals surface area contributed by atoms with Crippen LogP contribution in [0.5, 0.6) is 0 Å². The minimum Gasteiger partial charge on any atom is -0.399 e. The smallest absolute Gasteiger partial charge is 0.241 e. The average Bonchev–Trinajstić information content (AvgIpc) is 2.65. The molecule has 3 atom stereocenters. The van der Waals surface area contributed by atoms with Crippen LogP contribution in [0.25, 0.3) is 0 Å². The van der Waals surface area contributed by atoms with E-state index in [4.69, 9.17) is 5.73 Å². The molecular formula is C14H21FN2O2S. The third-order valence-electron chi connectivity index (χ3n) is 4.38. The summed E-state index contributed by atoms with van der Waals surface area (Å²) in [5.74, 6) is 0.163. The summed E-state index contributed by atoms with van der Waals surface area (Å²) in [5, 5.41) is 0. The maximum Gasteiger partial charge on any atom is 0.241 e. The summed E-state index contributed by atoms with van der Waals surface area (Å²) in [6.07, 6.45) is 1.81. The molecule has 1 aromatic rings. The zero-order valence-corrected chi connectivity index (χ0v) is 12.8. The first-order valence-corrected chi connectivity index (χ1v) is 8.28. The van der Waals surface area contributed by atoms with E-state index in [1.807, 2.05) is 6.92 Å². The molecule has 0 spiro atoms. The summed E-state index contributed by atoms with van der Waals surface area (Å²) in [4.78, 5) is -0.0678. The van der Waals surface area contributed by atoms with Crippen molar-refractivity contribution in [1.29, 1.82) is 0 Å². The van der Waals surface area contributed by atoms with Crippen LogP contribution in [-0.2, 0) is 10.0 Å². The van der Waals surface area contributed by atoms with Crippen LogP contribution in [0.2, 0.25) is 0 Å². The Morgan fingerprint density at radius 2 is 1.95 bits per heavy atom. The molecule has 0 heterocycles. The fourth-order valence-electron chi connectivity index (χ4n) is 2.75. The molecule has 6 heteroatoms. The highest BCUT2D eigenvalue weighted by atomic mass is 32.2. The van der Waals surface area contributed by atoms with Crippen molar-refractivity contribution in [2.45, 2.75) is 44.6 Å². The summed E-state index contributed by atoms with van der Waals surface area (Å²) in [6, 6.07) is 2.34. The van der Waals surface area contributed by atoms with E-state index < -0.39 is 15.8 Å². The molecule has 112 valence electrons. The molecule has 0 aromatic heterocycles. The predicted octanol–water partition coefficient (Wildman–Crippen LogP) is 2.43. The zero-order valence-electron chi connectivity index (χ0n) is 12.0. The molecule has 1 saturated carbocycles. The number of benzene rings is 1. The first-order chi connectivity index (χ1) is 9.22. The van der Waals surface area contributed by atoms with E-state index in [-0.39, 0.29) is 28.1 Å². The number of rotatable bonds is 3. The Morgan fingerprint density at radius 1 is 1.30 bits per heavy atom. The number of nitrogens with one attached hydrogen (secondary N) is 1. The van der Waals surface area contributed by atoms with Gasteiger partial charge in [-0.1, -0.05) is 13.8 Å². The Kier molecular flexibility index (Phi) is 4.07. The molecule has 0 aliphatic heterocycles. The van der Waals surface area contributed by atoms with Gasteiger partial charge >= 0.3 is 0 Å². The topological polar surface area (TPSA) is 72.2 Å². The maximum absolute atomic E-state index is 13.7. The number of sulfonamides is 1. The highest BCUT2D eigenvalue weighted by Gasteiger charge is 2.33. The van der Waals surface area contributed by atoms with Crippen molar-refractivity contribution in [3.63, 3.8) is 0 Å². The standard InChI is InChI=1S/C14H21FN2O2S/c1-8-4-5-13(9(8)2)17-20(18,19)14-7-11(16)6-12(15)10(14)3/h6-9,13,17H,4-5,16H2,1-3H3. The second-order valence-electron chi connectivity index (χ2n) is 5.77. The molecule has 0 saturated heterocycles. The molecule has 0 amide bonds. The number of hydrogen-bond donors (Lipinski definition) is 2. The number of halogens is 1. The van der Waals surface area contributed by atoms with Crippen molar-refractivity contribution < 1.29 is 12.8 Å². The highest BCUT2D eigenvalue weighted by Crippen LogP contribution is 2.32. The summed E-state index contributed by atoms with van der Waals surface area (Å²) in [6.45, 7) is 5.60. The van der Waals surface area contributed by atoms with E-state index in [0.29, 0.717) is 5.92 Å². The van der Waals surface area contributed by atoms with Crippen molar-refractivity contribution in [3.8, 4) is 0 Å². The second-order valence-corrected chi connectivity index (χ2v) is 7.45. The molecule has 1 aliphatic rings. The number of nitrogens with two attached hydrogens (primary N) is 1. The first kappa shape index (κ1) is 15.3. The molecule has 1 aromatic carbocycles. The first-order valence-electron chi connectivity index (χ1n) is 6.80. The minimum atomic E-state index is -3.75. The quantitative estimate of drug-likeness (QED) is 0.842. The fraction of sp³-hybridized carbons (Fsp3) is 0.571. The van der Waals surface area contributed by atoms with Gasteiger partial charge < -0.3 is 5.73 Å². The van der Waals surface area contributed by atoms with Crippen LogP contribution < -0.4 is 10.5 Å². The lowest BCUT2D eigenvalue weighted by Gasteiger charge is -2.20. The van der Waals surface area contributed by atoms with Gasteiger partial charge in [0.15, 0.2) is 0 Å². The van der Waals surface area contributed by atoms with Gasteiger partial charge in [0, 0.05) is 17.3 Å². The number of anilines is 1. The van der Waals surface area contributed by atoms with Crippen molar-refractivity contribution in [1.82, 2.24) is 4.72 Å². The molecule has 1 aliphatic carbocycles. The van der Waals surface area contributed by atoms with Gasteiger partial charge in [0.25, 0.3) is 0 Å². The normalized spacial score (nSPS) is 26.9. The lowest BCUT2D eigenvalue weighted by atomic mass is 9.98. The van der Waals surface area contributed by atoms with Gasteiger partial charge in [0.1, 0.15) is 5.82 Å². The van der Waals surface area contributed by atoms with Gasteiger partial charge in [-0.2, -0.15) is 0 Å². The van der Waals surface area contributed by atoms with E-state index in [0.717, 1.165) is 18.9 Å². The molecule has 3 N–H and O–H groups in total. The van der Waals surface area contributed by atoms with Gasteiger partial charge in [0.2, 0.25) is 10.0 Å². The van der Waals surface area contributed by atoms with Crippen molar-refractivity contribution in [3.05, 3.63) is 23.5 Å². The molecule has 3 unspecified atom stereocenters. The molecule has 20 heavy (non-hydrogen) atoms. The molecule has 2 rings (SSSR count). The Labute approximate surface area is 119 Å². The largest absolute Gasteiger partial charge is 0.399 e. The number of hydrogen-bond acceptors (Lipinski definition) is 3. The van der Waals surface area contributed by atoms with E-state index in [9.17, 15) is 12.8 Å². The minimum absolute atomic E-state index is 0.0678. The Bertz CT molecular complexity index is 616. The Morgan fingerprint density at radius 3 is 2.50 bits per heavy atom. The lowest BCUT2D eigenvalue weighted by Crippen LogP contribution is -2.37. The van der Waals surface area contributed by atoms with Gasteiger partial charge in [-0.3, -0.25) is 0 Å². The van der Waals surface area contributed by atoms with Crippen molar-refractivity contribution in [2.24, 2.45) is 11.8 Å². The van der Waals surface area contributed by atoms with Crippen LogP contribution in [0.3, 0.4) is 0 Å². The fourth-order valence-corrected chi connectivity index (χ4v) is 4.40. The number of nitrogen functional groups attached to an aromatic ring is 1. The van der Waals surface area contributed by atoms with Crippen LogP contribution in [-0.4, -0.2) is 14.5 Å². The zero-order chi connectivity index (χ0) is 15.1. The third kappa shape index (κ3) is 2.81. The SMILES string of the molecule is Cc1c(F)cc(N)cc1S(=O)(=O)NC1CCC(C)C1C. The summed E-state index contributed by atoms with van der Waals surface area (Å²) in [7, 11) is -3.75. The van der Waals surface area contributed by atoms with Crippen molar-refractivity contribution in [2.75, 3.05) is 5.73 Å². The van der Waals surface area contributed by atoms with Crippen LogP contribution in [0.1, 0.15) is 32.3 Å². The van der Waals surface area contributed by atoms with Crippen LogP contribution in [0.4, 0.5) is 10.1 Å². The van der Waals surface area contributed by atoms with Gasteiger partial charge in [-0.15, -0.1) is 0 Å². The summed E-state index contributed by atoms with van der Waals surface area (Å²) in [5.41, 5.74) is 5.76. The Balaban J connectivity index is 2.32. The molecule has 4 nitrogen and oxygen atoms in total. The lowest BCUT2D eigenvalue weighted by molar-refractivity contribution is 0.402. The monoisotopic (exact) mass is 300 g/mol. The van der Waals surface area contributed by atoms with E-state index in [1.54, 1.807) is 0 Å². The molecule has 0 radical (unpaired) electrons. The molecule has 1 fully saturated rings. The van der Waals surface area contributed by atoms with Crippen LogP contribution >= 0.6 is 0 Å². The van der Waals surface area contributed by atoms with E-state index in [1.165, 1.54) is 13.0 Å². The predicted molar refractivity (Wildman–Crippen MR) is 77.2 cm³/mol.